The molecule has 2 heteroatoms. The van der Waals surface area contributed by atoms with Gasteiger partial charge in [0.2, 0.25) is 0 Å². The topological polar surface area (TPSA) is 26.3 Å². The average molecular weight is 260 g/mol. The molecule has 0 aromatic heterocycles. The number of benzene rings is 1. The van der Waals surface area contributed by atoms with Crippen molar-refractivity contribution in [1.29, 1.82) is 0 Å². The van der Waals surface area contributed by atoms with Gasteiger partial charge >= 0.3 is 5.97 Å². The Kier molecular flexibility index (Phi) is 5.00. The van der Waals surface area contributed by atoms with Crippen molar-refractivity contribution in [3.8, 4) is 0 Å². The molecule has 1 fully saturated rings. The molecule has 2 rings (SSSR count). The third-order valence-corrected chi connectivity index (χ3v) is 4.46. The van der Waals surface area contributed by atoms with Crippen LogP contribution in [0.4, 0.5) is 0 Å². The lowest BCUT2D eigenvalue weighted by Gasteiger charge is -2.38. The van der Waals surface area contributed by atoms with E-state index in [1.54, 1.807) is 0 Å². The molecule has 0 atom stereocenters. The summed E-state index contributed by atoms with van der Waals surface area (Å²) in [5.74, 6) is -0.0842. The van der Waals surface area contributed by atoms with E-state index in [1.165, 1.54) is 44.8 Å². The molecule has 0 radical (unpaired) electrons. The molecule has 0 saturated heterocycles. The molecular weight excluding hydrogens is 236 g/mol. The van der Waals surface area contributed by atoms with Gasteiger partial charge in [-0.15, -0.1) is 0 Å². The summed E-state index contributed by atoms with van der Waals surface area (Å²) in [6, 6.07) is 10.8. The number of esters is 1. The fourth-order valence-electron chi connectivity index (χ4n) is 3.38. The summed E-state index contributed by atoms with van der Waals surface area (Å²) in [7, 11) is 1.47. The monoisotopic (exact) mass is 260 g/mol. The maximum absolute atomic E-state index is 11.3. The van der Waals surface area contributed by atoms with E-state index in [-0.39, 0.29) is 5.97 Å². The maximum atomic E-state index is 11.3. The van der Waals surface area contributed by atoms with E-state index >= 15 is 0 Å². The first kappa shape index (κ1) is 14.1. The molecule has 1 aliphatic carbocycles. The number of carbonyl (C=O) groups is 1. The van der Waals surface area contributed by atoms with Gasteiger partial charge in [0.05, 0.1) is 7.11 Å². The van der Waals surface area contributed by atoms with E-state index in [4.69, 9.17) is 4.74 Å². The van der Waals surface area contributed by atoms with Crippen LogP contribution >= 0.6 is 0 Å². The minimum atomic E-state index is -0.0842. The van der Waals surface area contributed by atoms with Crippen molar-refractivity contribution in [2.45, 2.75) is 56.8 Å². The highest BCUT2D eigenvalue weighted by molar-refractivity contribution is 5.69. The van der Waals surface area contributed by atoms with Gasteiger partial charge in [0.25, 0.3) is 0 Å². The van der Waals surface area contributed by atoms with Crippen LogP contribution in [0, 0.1) is 0 Å². The highest BCUT2D eigenvalue weighted by atomic mass is 16.5. The number of carbonyl (C=O) groups excluding carboxylic acids is 1. The maximum Gasteiger partial charge on any atom is 0.305 e. The fraction of sp³-hybridized carbons (Fsp3) is 0.588. The average Bonchev–Trinajstić information content (AvgIpc) is 2.49. The van der Waals surface area contributed by atoms with Gasteiger partial charge in [0.15, 0.2) is 0 Å². The third kappa shape index (κ3) is 3.59. The molecule has 0 bridgehead atoms. The lowest BCUT2D eigenvalue weighted by atomic mass is 9.67. The molecule has 0 unspecified atom stereocenters. The lowest BCUT2D eigenvalue weighted by Crippen LogP contribution is -2.29. The van der Waals surface area contributed by atoms with Gasteiger partial charge in [0, 0.05) is 6.42 Å². The molecule has 1 saturated carbocycles. The van der Waals surface area contributed by atoms with Crippen LogP contribution in [0.25, 0.3) is 0 Å². The quantitative estimate of drug-likeness (QED) is 0.740. The zero-order chi connectivity index (χ0) is 13.6. The molecule has 1 aromatic carbocycles. The Morgan fingerprint density at radius 2 is 1.84 bits per heavy atom. The molecule has 0 aliphatic heterocycles. The highest BCUT2D eigenvalue weighted by Gasteiger charge is 2.33. The molecule has 2 nitrogen and oxygen atoms in total. The molecule has 0 heterocycles. The smallest absolute Gasteiger partial charge is 0.305 e. The van der Waals surface area contributed by atoms with Gasteiger partial charge in [-0.25, -0.2) is 0 Å². The molecule has 104 valence electrons. The molecule has 1 aromatic rings. The highest BCUT2D eigenvalue weighted by Crippen LogP contribution is 2.43. The van der Waals surface area contributed by atoms with Crippen molar-refractivity contribution >= 4 is 5.97 Å². The Morgan fingerprint density at radius 3 is 2.47 bits per heavy atom. The van der Waals surface area contributed by atoms with Crippen LogP contribution in [-0.4, -0.2) is 13.1 Å². The minimum Gasteiger partial charge on any atom is -0.469 e. The molecule has 1 aliphatic rings. The predicted octanol–water partition coefficient (Wildman–Crippen LogP) is 4.23. The molecule has 0 N–H and O–H groups in total. The van der Waals surface area contributed by atoms with Crippen LogP contribution in [0.2, 0.25) is 0 Å². The molecule has 19 heavy (non-hydrogen) atoms. The van der Waals surface area contributed by atoms with Gasteiger partial charge in [-0.2, -0.15) is 0 Å². The summed E-state index contributed by atoms with van der Waals surface area (Å²) in [5, 5.41) is 0. The Morgan fingerprint density at radius 1 is 1.16 bits per heavy atom. The second-order valence-corrected chi connectivity index (χ2v) is 5.64. The first-order valence-corrected chi connectivity index (χ1v) is 7.39. The molecule has 0 spiro atoms. The number of ether oxygens (including phenoxy) is 1. The van der Waals surface area contributed by atoms with Crippen LogP contribution in [0.5, 0.6) is 0 Å². The first-order chi connectivity index (χ1) is 9.27. The van der Waals surface area contributed by atoms with Crippen molar-refractivity contribution in [2.24, 2.45) is 0 Å². The second kappa shape index (κ2) is 6.74. The molecule has 0 amide bonds. The van der Waals surface area contributed by atoms with Gasteiger partial charge in [0.1, 0.15) is 0 Å². The van der Waals surface area contributed by atoms with E-state index in [2.05, 4.69) is 30.3 Å². The minimum absolute atomic E-state index is 0.0842. The largest absolute Gasteiger partial charge is 0.469 e. The summed E-state index contributed by atoms with van der Waals surface area (Å²) in [6.07, 6.45) is 9.08. The van der Waals surface area contributed by atoms with Crippen LogP contribution in [0.1, 0.15) is 56.9 Å². The molecular formula is C17H24O2. The van der Waals surface area contributed by atoms with Crippen molar-refractivity contribution in [3.05, 3.63) is 35.9 Å². The first-order valence-electron chi connectivity index (χ1n) is 7.39. The summed E-state index contributed by atoms with van der Waals surface area (Å²) >= 11 is 0. The summed E-state index contributed by atoms with van der Waals surface area (Å²) in [5.41, 5.74) is 1.76. The zero-order valence-electron chi connectivity index (χ0n) is 11.9. The number of rotatable bonds is 5. The van der Waals surface area contributed by atoms with E-state index in [0.29, 0.717) is 11.8 Å². The van der Waals surface area contributed by atoms with Crippen molar-refractivity contribution in [1.82, 2.24) is 0 Å². The Balaban J connectivity index is 2.05. The fourth-order valence-corrected chi connectivity index (χ4v) is 3.38. The van der Waals surface area contributed by atoms with E-state index in [9.17, 15) is 4.79 Å². The van der Waals surface area contributed by atoms with Gasteiger partial charge < -0.3 is 4.74 Å². The van der Waals surface area contributed by atoms with E-state index in [0.717, 1.165) is 12.8 Å². The summed E-state index contributed by atoms with van der Waals surface area (Å²) in [4.78, 5) is 11.3. The van der Waals surface area contributed by atoms with Gasteiger partial charge in [-0.1, -0.05) is 49.6 Å². The SMILES string of the molecule is COC(=O)CCCC1(c2ccccc2)CCCCC1. The van der Waals surface area contributed by atoms with Crippen LogP contribution < -0.4 is 0 Å². The summed E-state index contributed by atoms with van der Waals surface area (Å²) in [6.45, 7) is 0. The normalized spacial score (nSPS) is 17.9. The third-order valence-electron chi connectivity index (χ3n) is 4.46. The Labute approximate surface area is 116 Å². The van der Waals surface area contributed by atoms with Crippen molar-refractivity contribution in [2.75, 3.05) is 7.11 Å². The van der Waals surface area contributed by atoms with Crippen molar-refractivity contribution in [3.63, 3.8) is 0 Å². The zero-order valence-corrected chi connectivity index (χ0v) is 11.9. The lowest BCUT2D eigenvalue weighted by molar-refractivity contribution is -0.140. The Hall–Kier alpha value is -1.31. The Bertz CT molecular complexity index is 391. The van der Waals surface area contributed by atoms with E-state index in [1.807, 2.05) is 0 Å². The number of hydrogen-bond acceptors (Lipinski definition) is 2. The predicted molar refractivity (Wildman–Crippen MR) is 77.1 cm³/mol. The number of methoxy groups -OCH3 is 1. The van der Waals surface area contributed by atoms with Crippen LogP contribution in [0.15, 0.2) is 30.3 Å². The van der Waals surface area contributed by atoms with Gasteiger partial charge in [-0.05, 0) is 36.7 Å². The van der Waals surface area contributed by atoms with Crippen molar-refractivity contribution < 1.29 is 9.53 Å². The second-order valence-electron chi connectivity index (χ2n) is 5.64. The van der Waals surface area contributed by atoms with Gasteiger partial charge in [-0.3, -0.25) is 4.79 Å². The van der Waals surface area contributed by atoms with E-state index < -0.39 is 0 Å². The van der Waals surface area contributed by atoms with Crippen LogP contribution in [0.3, 0.4) is 0 Å². The summed E-state index contributed by atoms with van der Waals surface area (Å²) < 4.78 is 4.74. The number of hydrogen-bond donors (Lipinski definition) is 0. The standard InChI is InChI=1S/C17H24O2/c1-19-16(18)11-8-14-17(12-6-3-7-13-17)15-9-4-2-5-10-15/h2,4-5,9-10H,3,6-8,11-14H2,1H3. The van der Waals surface area contributed by atoms with Crippen LogP contribution in [-0.2, 0) is 14.9 Å².